The van der Waals surface area contributed by atoms with Crippen molar-refractivity contribution in [2.75, 3.05) is 7.05 Å². The van der Waals surface area contributed by atoms with Crippen molar-refractivity contribution >= 4 is 5.84 Å². The molecule has 0 atom stereocenters. The van der Waals surface area contributed by atoms with E-state index >= 15 is 0 Å². The molecule has 0 bridgehead atoms. The molecule has 0 aliphatic rings. The van der Waals surface area contributed by atoms with Crippen LogP contribution in [0.3, 0.4) is 0 Å². The van der Waals surface area contributed by atoms with Crippen LogP contribution in [0.1, 0.15) is 34.1 Å². The molecule has 0 saturated heterocycles. The smallest absolute Gasteiger partial charge is 0.103 e. The summed E-state index contributed by atoms with van der Waals surface area (Å²) in [6.45, 7) is 8.33. The molecule has 0 aliphatic carbocycles. The van der Waals surface area contributed by atoms with Crippen molar-refractivity contribution in [2.45, 2.75) is 40.2 Å². The molecule has 0 amide bonds. The Balaban J connectivity index is 4.33. The molecular formula is C10H20N2. The number of amidine groups is 1. The Bertz CT molecular complexity index is 169. The van der Waals surface area contributed by atoms with Crippen LogP contribution in [0.2, 0.25) is 0 Å². The Morgan fingerprint density at radius 3 is 2.42 bits per heavy atom. The van der Waals surface area contributed by atoms with E-state index in [1.165, 1.54) is 0 Å². The first kappa shape index (κ1) is 11.2. The van der Waals surface area contributed by atoms with Crippen molar-refractivity contribution in [3.8, 4) is 0 Å². The minimum Gasteiger partial charge on any atom is -0.340 e. The maximum atomic E-state index is 4.51. The fraction of sp³-hybridized carbons (Fsp3) is 0.700. The zero-order valence-corrected chi connectivity index (χ0v) is 8.83. The highest BCUT2D eigenvalue weighted by Gasteiger charge is 2.00. The zero-order chi connectivity index (χ0) is 9.56. The van der Waals surface area contributed by atoms with E-state index in [0.717, 1.165) is 12.3 Å². The van der Waals surface area contributed by atoms with E-state index in [4.69, 9.17) is 0 Å². The van der Waals surface area contributed by atoms with Gasteiger partial charge < -0.3 is 4.90 Å². The highest BCUT2D eigenvalue weighted by Crippen LogP contribution is 1.98. The number of hydrogen-bond acceptors (Lipinski definition) is 1. The summed E-state index contributed by atoms with van der Waals surface area (Å²) in [6, 6.07) is 0.382. The quantitative estimate of drug-likeness (QED) is 0.467. The second-order valence-corrected chi connectivity index (χ2v) is 3.09. The van der Waals surface area contributed by atoms with Crippen LogP contribution in [0.15, 0.2) is 17.3 Å². The van der Waals surface area contributed by atoms with Gasteiger partial charge in [0, 0.05) is 25.7 Å². The van der Waals surface area contributed by atoms with E-state index in [9.17, 15) is 0 Å². The largest absolute Gasteiger partial charge is 0.340 e. The molecule has 0 rings (SSSR count). The van der Waals surface area contributed by atoms with Crippen molar-refractivity contribution < 1.29 is 0 Å². The Hall–Kier alpha value is -0.790. The number of hydrogen-bond donors (Lipinski definition) is 0. The van der Waals surface area contributed by atoms with Crippen LogP contribution in [0.25, 0.3) is 0 Å². The van der Waals surface area contributed by atoms with Gasteiger partial charge in [0.1, 0.15) is 5.84 Å². The van der Waals surface area contributed by atoms with Gasteiger partial charge in [-0.15, -0.1) is 0 Å². The molecule has 0 saturated carbocycles. The van der Waals surface area contributed by atoms with E-state index in [-0.39, 0.29) is 0 Å². The summed E-state index contributed by atoms with van der Waals surface area (Å²) >= 11 is 0. The lowest BCUT2D eigenvalue weighted by Crippen LogP contribution is -2.21. The van der Waals surface area contributed by atoms with Crippen molar-refractivity contribution in [3.05, 3.63) is 12.3 Å². The van der Waals surface area contributed by atoms with Crippen LogP contribution in [0.4, 0.5) is 0 Å². The minimum atomic E-state index is 0.382. The van der Waals surface area contributed by atoms with Gasteiger partial charge in [-0.3, -0.25) is 4.99 Å². The molecule has 0 fully saturated rings. The third-order valence-corrected chi connectivity index (χ3v) is 1.50. The molecule has 2 nitrogen and oxygen atoms in total. The highest BCUT2D eigenvalue weighted by atomic mass is 15.1. The third kappa shape index (κ3) is 4.16. The van der Waals surface area contributed by atoms with Crippen LogP contribution in [-0.2, 0) is 0 Å². The number of aliphatic imine (C=N–C) groups is 1. The maximum Gasteiger partial charge on any atom is 0.103 e. The van der Waals surface area contributed by atoms with Gasteiger partial charge in [0.15, 0.2) is 0 Å². The molecule has 0 aliphatic heterocycles. The molecule has 0 N–H and O–H groups in total. The summed E-state index contributed by atoms with van der Waals surface area (Å²) in [5.74, 6) is 1.14. The van der Waals surface area contributed by atoms with Gasteiger partial charge in [-0.25, -0.2) is 0 Å². The van der Waals surface area contributed by atoms with Crippen LogP contribution in [0, 0.1) is 0 Å². The average Bonchev–Trinajstić information content (AvgIpc) is 2.00. The van der Waals surface area contributed by atoms with Gasteiger partial charge in [0.2, 0.25) is 0 Å². The molecule has 2 heteroatoms. The predicted octanol–water partition coefficient (Wildman–Crippen LogP) is 2.67. The summed E-state index contributed by atoms with van der Waals surface area (Å²) < 4.78 is 0. The Morgan fingerprint density at radius 2 is 2.08 bits per heavy atom. The summed E-state index contributed by atoms with van der Waals surface area (Å²) in [4.78, 5) is 6.57. The summed E-state index contributed by atoms with van der Waals surface area (Å²) in [6.07, 6.45) is 5.04. The summed E-state index contributed by atoms with van der Waals surface area (Å²) in [5, 5.41) is 0. The van der Waals surface area contributed by atoms with Gasteiger partial charge in [-0.05, 0) is 20.8 Å². The first-order valence-electron chi connectivity index (χ1n) is 4.54. The normalized spacial score (nSPS) is 13.0. The van der Waals surface area contributed by atoms with Crippen LogP contribution >= 0.6 is 0 Å². The Morgan fingerprint density at radius 1 is 1.50 bits per heavy atom. The predicted molar refractivity (Wildman–Crippen MR) is 55.4 cm³/mol. The van der Waals surface area contributed by atoms with E-state index < -0.39 is 0 Å². The lowest BCUT2D eigenvalue weighted by Gasteiger charge is -2.16. The van der Waals surface area contributed by atoms with Gasteiger partial charge in [-0.1, -0.05) is 13.0 Å². The molecule has 0 spiro atoms. The minimum absolute atomic E-state index is 0.382. The second-order valence-electron chi connectivity index (χ2n) is 3.09. The van der Waals surface area contributed by atoms with Gasteiger partial charge in [0.05, 0.1) is 0 Å². The third-order valence-electron chi connectivity index (χ3n) is 1.50. The summed E-state index contributed by atoms with van der Waals surface area (Å²) in [7, 11) is 2.03. The lowest BCUT2D eigenvalue weighted by atomic mass is 10.3. The Kier molecular flexibility index (Phi) is 5.43. The van der Waals surface area contributed by atoms with E-state index in [2.05, 4.69) is 30.7 Å². The van der Waals surface area contributed by atoms with Crippen molar-refractivity contribution in [1.29, 1.82) is 0 Å². The van der Waals surface area contributed by atoms with E-state index in [1.807, 2.05) is 26.2 Å². The molecule has 0 aromatic carbocycles. The van der Waals surface area contributed by atoms with E-state index in [0.29, 0.717) is 6.04 Å². The first-order chi connectivity index (χ1) is 5.61. The van der Waals surface area contributed by atoms with E-state index in [1.54, 1.807) is 0 Å². The van der Waals surface area contributed by atoms with Crippen molar-refractivity contribution in [3.63, 3.8) is 0 Å². The van der Waals surface area contributed by atoms with Crippen molar-refractivity contribution in [1.82, 2.24) is 4.90 Å². The molecule has 70 valence electrons. The average molecular weight is 168 g/mol. The topological polar surface area (TPSA) is 15.6 Å². The zero-order valence-electron chi connectivity index (χ0n) is 8.83. The molecular weight excluding hydrogens is 148 g/mol. The number of nitrogens with zero attached hydrogens (tertiary/aromatic N) is 2. The molecule has 0 unspecified atom stereocenters. The van der Waals surface area contributed by atoms with Crippen LogP contribution in [-0.4, -0.2) is 23.8 Å². The van der Waals surface area contributed by atoms with Crippen LogP contribution in [0.5, 0.6) is 0 Å². The maximum absolute atomic E-state index is 4.51. The van der Waals surface area contributed by atoms with Crippen molar-refractivity contribution in [2.24, 2.45) is 4.99 Å². The second kappa shape index (κ2) is 5.81. The van der Waals surface area contributed by atoms with Crippen LogP contribution < -0.4 is 0 Å². The summed E-state index contributed by atoms with van der Waals surface area (Å²) in [5.41, 5.74) is 0. The highest BCUT2D eigenvalue weighted by molar-refractivity contribution is 5.82. The number of rotatable bonds is 3. The van der Waals surface area contributed by atoms with Gasteiger partial charge in [0.25, 0.3) is 0 Å². The SMILES string of the molecule is C/C=C\N(C)/C(CC)=N\C(C)C. The molecule has 0 heterocycles. The first-order valence-corrected chi connectivity index (χ1v) is 4.54. The standard InChI is InChI=1S/C10H20N2/c1-6-8-12(5)10(7-2)11-9(3)4/h6,8-9H,7H2,1-5H3/b8-6-,11-10-. The molecule has 12 heavy (non-hydrogen) atoms. The molecule has 0 aromatic rings. The fourth-order valence-electron chi connectivity index (χ4n) is 1.04. The lowest BCUT2D eigenvalue weighted by molar-refractivity contribution is 0.649. The fourth-order valence-corrected chi connectivity index (χ4v) is 1.04. The number of allylic oxidation sites excluding steroid dienone is 1. The Labute approximate surface area is 76.0 Å². The molecule has 0 aromatic heterocycles. The molecule has 0 radical (unpaired) electrons. The monoisotopic (exact) mass is 168 g/mol. The van der Waals surface area contributed by atoms with Gasteiger partial charge in [-0.2, -0.15) is 0 Å². The van der Waals surface area contributed by atoms with Gasteiger partial charge >= 0.3 is 0 Å².